The molecule has 0 aliphatic rings. The van der Waals surface area contributed by atoms with Gasteiger partial charge in [-0.05, 0) is 39.8 Å². The van der Waals surface area contributed by atoms with E-state index in [2.05, 4.69) is 10.3 Å². The number of likely N-dealkylation sites (N-methyl/N-ethyl adjacent to an activating group) is 1. The summed E-state index contributed by atoms with van der Waals surface area (Å²) in [5.41, 5.74) is 0. The predicted octanol–water partition coefficient (Wildman–Crippen LogP) is 2.15. The summed E-state index contributed by atoms with van der Waals surface area (Å²) in [4.78, 5) is 17.9. The van der Waals surface area contributed by atoms with Crippen molar-refractivity contribution < 1.29 is 9.53 Å². The summed E-state index contributed by atoms with van der Waals surface area (Å²) < 4.78 is 5.66. The molecule has 0 aliphatic carbocycles. The van der Waals surface area contributed by atoms with Crippen LogP contribution in [0, 0.1) is 0 Å². The summed E-state index contributed by atoms with van der Waals surface area (Å²) >= 11 is 0. The van der Waals surface area contributed by atoms with E-state index in [9.17, 15) is 4.79 Å². The Morgan fingerprint density at radius 2 is 2.16 bits per heavy atom. The second-order valence-electron chi connectivity index (χ2n) is 4.74. The number of amides is 1. The first-order chi connectivity index (χ1) is 8.95. The van der Waals surface area contributed by atoms with Crippen LogP contribution in [0.5, 0.6) is 5.75 Å². The van der Waals surface area contributed by atoms with Crippen LogP contribution in [0.2, 0.25) is 0 Å². The van der Waals surface area contributed by atoms with Gasteiger partial charge in [-0.2, -0.15) is 0 Å². The first-order valence-corrected chi connectivity index (χ1v) is 6.58. The molecule has 0 aromatic carbocycles. The van der Waals surface area contributed by atoms with Crippen LogP contribution in [0.1, 0.15) is 27.7 Å². The zero-order chi connectivity index (χ0) is 14.4. The predicted molar refractivity (Wildman–Crippen MR) is 76.4 cm³/mol. The van der Waals surface area contributed by atoms with Crippen molar-refractivity contribution >= 4 is 11.7 Å². The number of aromatic nitrogens is 1. The van der Waals surface area contributed by atoms with Crippen molar-refractivity contribution in [3.8, 4) is 5.75 Å². The summed E-state index contributed by atoms with van der Waals surface area (Å²) in [6.45, 7) is 8.36. The zero-order valence-corrected chi connectivity index (χ0v) is 12.3. The number of rotatable bonds is 6. The Kier molecular flexibility index (Phi) is 5.60. The van der Waals surface area contributed by atoms with Crippen LogP contribution in [0.3, 0.4) is 0 Å². The van der Waals surface area contributed by atoms with Crippen molar-refractivity contribution in [3.05, 3.63) is 18.3 Å². The van der Waals surface area contributed by atoms with Crippen LogP contribution in [0.25, 0.3) is 0 Å². The maximum Gasteiger partial charge on any atom is 0.244 e. The van der Waals surface area contributed by atoms with Gasteiger partial charge in [-0.15, -0.1) is 0 Å². The molecule has 5 nitrogen and oxygen atoms in total. The number of pyridine rings is 1. The van der Waals surface area contributed by atoms with Gasteiger partial charge in [0.2, 0.25) is 5.91 Å². The van der Waals surface area contributed by atoms with E-state index in [1.165, 1.54) is 0 Å². The molecule has 1 aromatic heterocycles. The van der Waals surface area contributed by atoms with Gasteiger partial charge < -0.3 is 15.0 Å². The number of nitrogens with one attached hydrogen (secondary N) is 1. The zero-order valence-electron chi connectivity index (χ0n) is 12.3. The van der Waals surface area contributed by atoms with Crippen molar-refractivity contribution in [2.24, 2.45) is 0 Å². The number of hydrogen-bond acceptors (Lipinski definition) is 4. The second-order valence-corrected chi connectivity index (χ2v) is 4.74. The van der Waals surface area contributed by atoms with Gasteiger partial charge in [0.15, 0.2) is 11.6 Å². The highest BCUT2D eigenvalue weighted by atomic mass is 16.5. The molecule has 0 saturated carbocycles. The summed E-state index contributed by atoms with van der Waals surface area (Å²) in [6.07, 6.45) is 1.74. The lowest BCUT2D eigenvalue weighted by Crippen LogP contribution is -2.39. The fraction of sp³-hybridized carbons (Fsp3) is 0.571. The molecule has 0 radical (unpaired) electrons. The molecule has 106 valence electrons. The third-order valence-electron chi connectivity index (χ3n) is 2.71. The summed E-state index contributed by atoms with van der Waals surface area (Å²) in [5, 5.41) is 3.10. The van der Waals surface area contributed by atoms with Crippen LogP contribution in [-0.4, -0.2) is 41.5 Å². The van der Waals surface area contributed by atoms with Gasteiger partial charge in [-0.3, -0.25) is 4.79 Å². The monoisotopic (exact) mass is 265 g/mol. The van der Waals surface area contributed by atoms with E-state index in [1.807, 2.05) is 39.8 Å². The molecule has 1 unspecified atom stereocenters. The Labute approximate surface area is 115 Å². The normalized spacial score (nSPS) is 12.1. The highest BCUT2D eigenvalue weighted by molar-refractivity contribution is 5.84. The lowest BCUT2D eigenvalue weighted by atomic mass is 10.3. The van der Waals surface area contributed by atoms with Crippen molar-refractivity contribution in [1.29, 1.82) is 0 Å². The summed E-state index contributed by atoms with van der Waals surface area (Å²) in [5.74, 6) is 1.29. The van der Waals surface area contributed by atoms with Crippen molar-refractivity contribution in [3.63, 3.8) is 0 Å². The molecule has 1 aromatic rings. The van der Waals surface area contributed by atoms with Crippen LogP contribution >= 0.6 is 0 Å². The molecule has 1 N–H and O–H groups in total. The van der Waals surface area contributed by atoms with E-state index in [4.69, 9.17) is 4.74 Å². The lowest BCUT2D eigenvalue weighted by molar-refractivity contribution is -0.130. The number of ether oxygens (including phenoxy) is 1. The molecule has 1 rings (SSSR count). The average molecular weight is 265 g/mol. The quantitative estimate of drug-likeness (QED) is 0.856. The number of carbonyl (C=O) groups excluding carboxylic acids is 1. The van der Waals surface area contributed by atoms with E-state index in [-0.39, 0.29) is 18.1 Å². The minimum atomic E-state index is -0.339. The Balaban J connectivity index is 2.78. The number of anilines is 1. The second kappa shape index (κ2) is 6.97. The number of carbonyl (C=O) groups is 1. The first-order valence-electron chi connectivity index (χ1n) is 6.58. The van der Waals surface area contributed by atoms with E-state index < -0.39 is 0 Å². The third kappa shape index (κ3) is 4.43. The van der Waals surface area contributed by atoms with Gasteiger partial charge in [0.05, 0.1) is 6.10 Å². The van der Waals surface area contributed by atoms with Crippen LogP contribution in [0.4, 0.5) is 5.82 Å². The van der Waals surface area contributed by atoms with Crippen molar-refractivity contribution in [1.82, 2.24) is 9.88 Å². The molecule has 5 heteroatoms. The van der Waals surface area contributed by atoms with Gasteiger partial charge in [0.1, 0.15) is 6.04 Å². The van der Waals surface area contributed by atoms with E-state index in [0.717, 1.165) is 0 Å². The fourth-order valence-electron chi connectivity index (χ4n) is 1.60. The maximum absolute atomic E-state index is 12.0. The minimum absolute atomic E-state index is 0.0312. The van der Waals surface area contributed by atoms with Gasteiger partial charge >= 0.3 is 0 Å². The van der Waals surface area contributed by atoms with Gasteiger partial charge in [0.25, 0.3) is 0 Å². The lowest BCUT2D eigenvalue weighted by Gasteiger charge is -2.22. The fourth-order valence-corrected chi connectivity index (χ4v) is 1.60. The topological polar surface area (TPSA) is 54.5 Å². The van der Waals surface area contributed by atoms with Gasteiger partial charge in [-0.25, -0.2) is 4.98 Å². The SMILES string of the molecule is CCN(C)C(=O)C(C)Nc1ncccc1OC(C)C. The third-order valence-corrected chi connectivity index (χ3v) is 2.71. The molecular weight excluding hydrogens is 242 g/mol. The number of nitrogens with zero attached hydrogens (tertiary/aromatic N) is 2. The highest BCUT2D eigenvalue weighted by Gasteiger charge is 2.18. The Hall–Kier alpha value is -1.78. The molecule has 0 fully saturated rings. The summed E-state index contributed by atoms with van der Waals surface area (Å²) in [6, 6.07) is 3.32. The molecule has 0 aliphatic heterocycles. The van der Waals surface area contributed by atoms with E-state index in [1.54, 1.807) is 18.1 Å². The van der Waals surface area contributed by atoms with Crippen molar-refractivity contribution in [2.75, 3.05) is 18.9 Å². The first kappa shape index (κ1) is 15.3. The van der Waals surface area contributed by atoms with E-state index in [0.29, 0.717) is 18.1 Å². The Morgan fingerprint density at radius 1 is 1.47 bits per heavy atom. The molecule has 0 spiro atoms. The standard InChI is InChI=1S/C14H23N3O2/c1-6-17(5)14(18)11(4)16-13-12(19-10(2)3)8-7-9-15-13/h7-11H,6H2,1-5H3,(H,15,16). The molecule has 0 bridgehead atoms. The Morgan fingerprint density at radius 3 is 2.74 bits per heavy atom. The smallest absolute Gasteiger partial charge is 0.244 e. The van der Waals surface area contributed by atoms with Gasteiger partial charge in [0, 0.05) is 19.8 Å². The minimum Gasteiger partial charge on any atom is -0.487 e. The maximum atomic E-state index is 12.0. The largest absolute Gasteiger partial charge is 0.487 e. The van der Waals surface area contributed by atoms with Crippen LogP contribution in [-0.2, 0) is 4.79 Å². The highest BCUT2D eigenvalue weighted by Crippen LogP contribution is 2.22. The Bertz CT molecular complexity index is 421. The van der Waals surface area contributed by atoms with Gasteiger partial charge in [-0.1, -0.05) is 0 Å². The molecular formula is C14H23N3O2. The molecule has 1 heterocycles. The molecule has 1 atom stereocenters. The average Bonchev–Trinajstić information content (AvgIpc) is 2.38. The molecule has 19 heavy (non-hydrogen) atoms. The number of hydrogen-bond donors (Lipinski definition) is 1. The summed E-state index contributed by atoms with van der Waals surface area (Å²) in [7, 11) is 1.78. The molecule has 1 amide bonds. The van der Waals surface area contributed by atoms with Crippen LogP contribution < -0.4 is 10.1 Å². The van der Waals surface area contributed by atoms with Crippen molar-refractivity contribution in [2.45, 2.75) is 39.8 Å². The van der Waals surface area contributed by atoms with Crippen LogP contribution in [0.15, 0.2) is 18.3 Å². The van der Waals surface area contributed by atoms with E-state index >= 15 is 0 Å². The molecule has 0 saturated heterocycles.